The van der Waals surface area contributed by atoms with Crippen LogP contribution in [0.2, 0.25) is 0 Å². The molecule has 0 aliphatic heterocycles. The van der Waals surface area contributed by atoms with Crippen LogP contribution in [-0.2, 0) is 4.79 Å². The molecule has 0 spiro atoms. The molecule has 3 aromatic carbocycles. The van der Waals surface area contributed by atoms with E-state index in [2.05, 4.69) is 21.9 Å². The van der Waals surface area contributed by atoms with E-state index in [0.29, 0.717) is 5.56 Å². The van der Waals surface area contributed by atoms with Gasteiger partial charge in [0.25, 0.3) is 5.91 Å². The van der Waals surface area contributed by atoms with Gasteiger partial charge in [0, 0.05) is 11.3 Å². The van der Waals surface area contributed by atoms with E-state index < -0.39 is 0 Å². The lowest BCUT2D eigenvalue weighted by atomic mass is 10.0. The fourth-order valence-electron chi connectivity index (χ4n) is 2.82. The molecule has 0 radical (unpaired) electrons. The molecule has 3 rings (SSSR count). The molecule has 0 fully saturated rings. The van der Waals surface area contributed by atoms with Crippen LogP contribution in [0.1, 0.15) is 16.7 Å². The monoisotopic (exact) mass is 347 g/mol. The summed E-state index contributed by atoms with van der Waals surface area (Å²) in [4.78, 5) is 12.0. The number of hydrazone groups is 1. The zero-order chi connectivity index (χ0) is 18.5. The summed E-state index contributed by atoms with van der Waals surface area (Å²) < 4.78 is 0. The van der Waals surface area contributed by atoms with Crippen molar-refractivity contribution in [1.82, 2.24) is 5.43 Å². The highest BCUT2D eigenvalue weighted by molar-refractivity contribution is 6.02. The molecule has 5 nitrogen and oxygen atoms in total. The lowest BCUT2D eigenvalue weighted by Crippen LogP contribution is -2.26. The lowest BCUT2D eigenvalue weighted by molar-refractivity contribution is -0.119. The molecule has 0 unspecified atom stereocenters. The minimum atomic E-state index is -0.263. The summed E-state index contributed by atoms with van der Waals surface area (Å²) in [5, 5.41) is 19.0. The first-order chi connectivity index (χ1) is 12.5. The van der Waals surface area contributed by atoms with Crippen molar-refractivity contribution in [3.05, 3.63) is 71.3 Å². The van der Waals surface area contributed by atoms with Gasteiger partial charge >= 0.3 is 0 Å². The number of phenols is 1. The molecule has 5 heteroatoms. The Morgan fingerprint density at radius 3 is 2.73 bits per heavy atom. The Morgan fingerprint density at radius 1 is 1.12 bits per heavy atom. The van der Waals surface area contributed by atoms with Crippen LogP contribution in [0.4, 0.5) is 5.69 Å². The highest BCUT2D eigenvalue weighted by Crippen LogP contribution is 2.25. The van der Waals surface area contributed by atoms with Gasteiger partial charge in [-0.3, -0.25) is 4.79 Å². The van der Waals surface area contributed by atoms with E-state index >= 15 is 0 Å². The maximum absolute atomic E-state index is 12.0. The topological polar surface area (TPSA) is 73.7 Å². The zero-order valence-corrected chi connectivity index (χ0v) is 14.8. The van der Waals surface area contributed by atoms with E-state index in [9.17, 15) is 9.90 Å². The van der Waals surface area contributed by atoms with Crippen molar-refractivity contribution in [1.29, 1.82) is 0 Å². The first-order valence-electron chi connectivity index (χ1n) is 8.38. The van der Waals surface area contributed by atoms with Crippen molar-refractivity contribution < 1.29 is 9.90 Å². The average Bonchev–Trinajstić information content (AvgIpc) is 2.63. The van der Waals surface area contributed by atoms with Crippen LogP contribution in [0.3, 0.4) is 0 Å². The fraction of sp³-hybridized carbons (Fsp3) is 0.143. The van der Waals surface area contributed by atoms with Gasteiger partial charge in [-0.05, 0) is 42.3 Å². The van der Waals surface area contributed by atoms with Gasteiger partial charge in [0.05, 0.1) is 12.8 Å². The molecule has 1 amide bonds. The van der Waals surface area contributed by atoms with Gasteiger partial charge in [-0.1, -0.05) is 48.0 Å². The van der Waals surface area contributed by atoms with Gasteiger partial charge in [0.15, 0.2) is 0 Å². The molecule has 0 saturated heterocycles. The number of carbonyl (C=O) groups excluding carboxylic acids is 1. The molecule has 0 saturated carbocycles. The number of phenolic OH excluding ortho intramolecular Hbond substituents is 1. The van der Waals surface area contributed by atoms with Crippen molar-refractivity contribution in [3.8, 4) is 5.75 Å². The highest BCUT2D eigenvalue weighted by atomic mass is 16.3. The molecule has 0 heterocycles. The number of nitrogens with zero attached hydrogens (tertiary/aromatic N) is 1. The number of aryl methyl sites for hydroxylation is 2. The van der Waals surface area contributed by atoms with Gasteiger partial charge < -0.3 is 10.4 Å². The number of amides is 1. The number of hydrogen-bond acceptors (Lipinski definition) is 4. The van der Waals surface area contributed by atoms with E-state index in [1.807, 2.05) is 56.3 Å². The summed E-state index contributed by atoms with van der Waals surface area (Å²) in [6.45, 7) is 4.14. The molecular formula is C21H21N3O2. The third-order valence-corrected chi connectivity index (χ3v) is 4.15. The van der Waals surface area contributed by atoms with Crippen molar-refractivity contribution >= 4 is 28.6 Å². The standard InChI is InChI=1S/C21H21N3O2/c1-14-7-9-19(15(2)11-14)22-13-21(26)24-23-12-18-17-6-4-3-5-16(17)8-10-20(18)25/h3-12,22,25H,13H2,1-2H3,(H,24,26). The third kappa shape index (κ3) is 4.00. The first kappa shape index (κ1) is 17.5. The molecule has 3 aromatic rings. The second-order valence-electron chi connectivity index (χ2n) is 6.18. The number of rotatable bonds is 5. The Bertz CT molecular complexity index is 980. The average molecular weight is 347 g/mol. The molecule has 0 atom stereocenters. The summed E-state index contributed by atoms with van der Waals surface area (Å²) in [6, 6.07) is 17.2. The van der Waals surface area contributed by atoms with Crippen molar-refractivity contribution in [3.63, 3.8) is 0 Å². The second kappa shape index (κ2) is 7.70. The number of carbonyl (C=O) groups is 1. The van der Waals surface area contributed by atoms with E-state index in [4.69, 9.17) is 0 Å². The van der Waals surface area contributed by atoms with E-state index in [1.165, 1.54) is 11.8 Å². The normalized spacial score (nSPS) is 11.0. The summed E-state index contributed by atoms with van der Waals surface area (Å²) in [5.41, 5.74) is 6.24. The Labute approximate surface area is 152 Å². The fourth-order valence-corrected chi connectivity index (χ4v) is 2.82. The van der Waals surface area contributed by atoms with E-state index in [1.54, 1.807) is 6.07 Å². The van der Waals surface area contributed by atoms with Crippen LogP contribution >= 0.6 is 0 Å². The molecule has 3 N–H and O–H groups in total. The Hall–Kier alpha value is -3.34. The van der Waals surface area contributed by atoms with Gasteiger partial charge in [-0.15, -0.1) is 0 Å². The van der Waals surface area contributed by atoms with Crippen molar-refractivity contribution in [2.45, 2.75) is 13.8 Å². The second-order valence-corrected chi connectivity index (χ2v) is 6.18. The summed E-state index contributed by atoms with van der Waals surface area (Å²) >= 11 is 0. The molecule has 26 heavy (non-hydrogen) atoms. The lowest BCUT2D eigenvalue weighted by Gasteiger charge is -2.09. The molecule has 0 aromatic heterocycles. The summed E-state index contributed by atoms with van der Waals surface area (Å²) in [5.74, 6) is -0.143. The third-order valence-electron chi connectivity index (χ3n) is 4.15. The van der Waals surface area contributed by atoms with E-state index in [0.717, 1.165) is 22.0 Å². The van der Waals surface area contributed by atoms with Gasteiger partial charge in [0.1, 0.15) is 5.75 Å². The van der Waals surface area contributed by atoms with Gasteiger partial charge in [-0.25, -0.2) is 5.43 Å². The van der Waals surface area contributed by atoms with Crippen molar-refractivity contribution in [2.24, 2.45) is 5.10 Å². The van der Waals surface area contributed by atoms with Crippen LogP contribution in [-0.4, -0.2) is 23.8 Å². The largest absolute Gasteiger partial charge is 0.507 e. The zero-order valence-electron chi connectivity index (χ0n) is 14.8. The number of fused-ring (bicyclic) bond motifs is 1. The molecule has 0 aliphatic rings. The smallest absolute Gasteiger partial charge is 0.259 e. The Morgan fingerprint density at radius 2 is 1.92 bits per heavy atom. The minimum Gasteiger partial charge on any atom is -0.507 e. The minimum absolute atomic E-state index is 0.114. The van der Waals surface area contributed by atoms with Crippen LogP contribution < -0.4 is 10.7 Å². The molecular weight excluding hydrogens is 326 g/mol. The predicted octanol–water partition coefficient (Wildman–Crippen LogP) is 3.72. The number of aromatic hydroxyl groups is 1. The Balaban J connectivity index is 1.64. The summed E-state index contributed by atoms with van der Waals surface area (Å²) in [7, 11) is 0. The van der Waals surface area contributed by atoms with E-state index in [-0.39, 0.29) is 18.2 Å². The number of hydrogen-bond donors (Lipinski definition) is 3. The van der Waals surface area contributed by atoms with Crippen molar-refractivity contribution in [2.75, 3.05) is 11.9 Å². The van der Waals surface area contributed by atoms with Crippen LogP contribution in [0, 0.1) is 13.8 Å². The van der Waals surface area contributed by atoms with Gasteiger partial charge in [-0.2, -0.15) is 5.10 Å². The first-order valence-corrected chi connectivity index (χ1v) is 8.38. The van der Waals surface area contributed by atoms with Crippen LogP contribution in [0.5, 0.6) is 5.75 Å². The maximum atomic E-state index is 12.0. The molecule has 132 valence electrons. The number of nitrogens with one attached hydrogen (secondary N) is 2. The highest BCUT2D eigenvalue weighted by Gasteiger charge is 2.05. The maximum Gasteiger partial charge on any atom is 0.259 e. The summed E-state index contributed by atoms with van der Waals surface area (Å²) in [6.07, 6.45) is 1.46. The van der Waals surface area contributed by atoms with Crippen LogP contribution in [0.25, 0.3) is 10.8 Å². The number of anilines is 1. The Kier molecular flexibility index (Phi) is 5.17. The van der Waals surface area contributed by atoms with Gasteiger partial charge in [0.2, 0.25) is 0 Å². The molecule has 0 bridgehead atoms. The SMILES string of the molecule is Cc1ccc(NCC(=O)NN=Cc2c(O)ccc3ccccc23)c(C)c1. The molecule has 0 aliphatic carbocycles. The van der Waals surface area contributed by atoms with Crippen LogP contribution in [0.15, 0.2) is 59.7 Å². The number of benzene rings is 3. The predicted molar refractivity (Wildman–Crippen MR) is 106 cm³/mol. The quantitative estimate of drug-likeness (QED) is 0.486.